The van der Waals surface area contributed by atoms with Crippen LogP contribution >= 0.6 is 0 Å². The Balaban J connectivity index is 1.41. The van der Waals surface area contributed by atoms with E-state index in [4.69, 9.17) is 0 Å². The number of phenolic OH excluding ortho intramolecular Hbond substituents is 2. The average molecular weight is 419 g/mol. The van der Waals surface area contributed by atoms with Crippen molar-refractivity contribution in [3.8, 4) is 11.5 Å². The highest BCUT2D eigenvalue weighted by atomic mass is 16.3. The van der Waals surface area contributed by atoms with Crippen molar-refractivity contribution >= 4 is 5.91 Å². The Kier molecular flexibility index (Phi) is 8.49. The topological polar surface area (TPSA) is 81.6 Å². The SMILES string of the molecule is O=C(NCCCCc1ccccc1)c1ccccc1CNCCc1ccc(O)c(O)c1. The number of benzene rings is 3. The van der Waals surface area contributed by atoms with Crippen LogP contribution in [-0.2, 0) is 19.4 Å². The van der Waals surface area contributed by atoms with Crippen LogP contribution in [0.3, 0.4) is 0 Å². The van der Waals surface area contributed by atoms with E-state index in [-0.39, 0.29) is 17.4 Å². The molecule has 0 aliphatic rings. The summed E-state index contributed by atoms with van der Waals surface area (Å²) in [6.07, 6.45) is 3.72. The zero-order valence-electron chi connectivity index (χ0n) is 17.7. The highest BCUT2D eigenvalue weighted by molar-refractivity contribution is 5.95. The smallest absolute Gasteiger partial charge is 0.251 e. The molecule has 5 nitrogen and oxygen atoms in total. The fourth-order valence-electron chi connectivity index (χ4n) is 3.47. The van der Waals surface area contributed by atoms with Crippen LogP contribution in [0, 0.1) is 0 Å². The van der Waals surface area contributed by atoms with E-state index < -0.39 is 0 Å². The molecule has 0 spiro atoms. The first-order chi connectivity index (χ1) is 15.1. The van der Waals surface area contributed by atoms with Gasteiger partial charge in [-0.3, -0.25) is 4.79 Å². The summed E-state index contributed by atoms with van der Waals surface area (Å²) in [5, 5.41) is 25.4. The van der Waals surface area contributed by atoms with Gasteiger partial charge >= 0.3 is 0 Å². The Bertz CT molecular complexity index is 973. The van der Waals surface area contributed by atoms with Crippen molar-refractivity contribution in [3.05, 3.63) is 95.1 Å². The van der Waals surface area contributed by atoms with Crippen LogP contribution in [0.1, 0.15) is 39.9 Å². The van der Waals surface area contributed by atoms with Gasteiger partial charge in [0.25, 0.3) is 5.91 Å². The summed E-state index contributed by atoms with van der Waals surface area (Å²) in [4.78, 5) is 12.6. The molecule has 3 rings (SSSR count). The predicted octanol–water partition coefficient (Wildman–Crippen LogP) is 4.18. The molecule has 0 aliphatic carbocycles. The van der Waals surface area contributed by atoms with Crippen molar-refractivity contribution in [1.29, 1.82) is 0 Å². The Morgan fingerprint density at radius 3 is 2.32 bits per heavy atom. The summed E-state index contributed by atoms with van der Waals surface area (Å²) in [6, 6.07) is 22.9. The molecule has 0 bridgehead atoms. The standard InChI is InChI=1S/C26H30N2O3/c29-24-14-13-21(18-25(24)30)15-17-27-19-22-11-4-5-12-23(22)26(31)28-16-7-6-10-20-8-2-1-3-9-20/h1-5,8-9,11-14,18,27,29-30H,6-7,10,15-17,19H2,(H,28,31). The van der Waals surface area contributed by atoms with E-state index in [1.165, 1.54) is 11.6 Å². The number of carbonyl (C=O) groups excluding carboxylic acids is 1. The van der Waals surface area contributed by atoms with Crippen molar-refractivity contribution in [3.63, 3.8) is 0 Å². The second-order valence-electron chi connectivity index (χ2n) is 7.61. The molecule has 0 aromatic heterocycles. The van der Waals surface area contributed by atoms with Crippen LogP contribution in [-0.4, -0.2) is 29.2 Å². The van der Waals surface area contributed by atoms with Gasteiger partial charge in [0.15, 0.2) is 11.5 Å². The van der Waals surface area contributed by atoms with Gasteiger partial charge in [-0.1, -0.05) is 54.6 Å². The van der Waals surface area contributed by atoms with E-state index in [1.54, 1.807) is 12.1 Å². The lowest BCUT2D eigenvalue weighted by Crippen LogP contribution is -2.27. The minimum atomic E-state index is -0.114. The molecule has 162 valence electrons. The Labute approximate surface area is 183 Å². The van der Waals surface area contributed by atoms with Gasteiger partial charge in [0.2, 0.25) is 0 Å². The van der Waals surface area contributed by atoms with Crippen LogP contribution in [0.2, 0.25) is 0 Å². The molecule has 3 aromatic carbocycles. The number of unbranched alkanes of at least 4 members (excludes halogenated alkanes) is 1. The van der Waals surface area contributed by atoms with Crippen molar-refractivity contribution in [1.82, 2.24) is 10.6 Å². The Hall–Kier alpha value is -3.31. The maximum absolute atomic E-state index is 12.6. The van der Waals surface area contributed by atoms with E-state index in [9.17, 15) is 15.0 Å². The molecule has 0 saturated carbocycles. The lowest BCUT2D eigenvalue weighted by Gasteiger charge is -2.11. The number of hydrogen-bond donors (Lipinski definition) is 4. The molecule has 0 heterocycles. The van der Waals surface area contributed by atoms with Crippen LogP contribution in [0.25, 0.3) is 0 Å². The van der Waals surface area contributed by atoms with E-state index in [1.807, 2.05) is 30.3 Å². The minimum absolute atomic E-state index is 0.0411. The monoisotopic (exact) mass is 418 g/mol. The highest BCUT2D eigenvalue weighted by Gasteiger charge is 2.10. The van der Waals surface area contributed by atoms with E-state index in [0.29, 0.717) is 31.6 Å². The van der Waals surface area contributed by atoms with Gasteiger partial charge in [0.1, 0.15) is 0 Å². The van der Waals surface area contributed by atoms with Gasteiger partial charge in [0, 0.05) is 18.7 Å². The fourth-order valence-corrected chi connectivity index (χ4v) is 3.47. The zero-order chi connectivity index (χ0) is 21.9. The third-order valence-corrected chi connectivity index (χ3v) is 5.23. The van der Waals surface area contributed by atoms with Gasteiger partial charge in [0.05, 0.1) is 0 Å². The average Bonchev–Trinajstić information content (AvgIpc) is 2.79. The molecule has 0 atom stereocenters. The summed E-state index contributed by atoms with van der Waals surface area (Å²) in [5.74, 6) is -0.263. The number of aromatic hydroxyl groups is 2. The normalized spacial score (nSPS) is 10.7. The Morgan fingerprint density at radius 2 is 1.52 bits per heavy atom. The molecule has 0 fully saturated rings. The van der Waals surface area contributed by atoms with Crippen LogP contribution in [0.4, 0.5) is 0 Å². The molecular weight excluding hydrogens is 388 g/mol. The number of phenols is 2. The maximum atomic E-state index is 12.6. The summed E-state index contributed by atoms with van der Waals surface area (Å²) < 4.78 is 0. The zero-order valence-corrected chi connectivity index (χ0v) is 17.7. The van der Waals surface area contributed by atoms with Crippen molar-refractivity contribution < 1.29 is 15.0 Å². The number of carbonyl (C=O) groups is 1. The third kappa shape index (κ3) is 7.15. The predicted molar refractivity (Wildman–Crippen MR) is 123 cm³/mol. The van der Waals surface area contributed by atoms with E-state index >= 15 is 0 Å². The number of rotatable bonds is 11. The second kappa shape index (κ2) is 11.8. The molecule has 0 unspecified atom stereocenters. The highest BCUT2D eigenvalue weighted by Crippen LogP contribution is 2.24. The number of aryl methyl sites for hydroxylation is 1. The molecule has 4 N–H and O–H groups in total. The van der Waals surface area contributed by atoms with Gasteiger partial charge in [-0.15, -0.1) is 0 Å². The molecule has 1 amide bonds. The number of amides is 1. The Morgan fingerprint density at radius 1 is 0.742 bits per heavy atom. The molecule has 0 radical (unpaired) electrons. The van der Waals surface area contributed by atoms with Crippen molar-refractivity contribution in [2.24, 2.45) is 0 Å². The quantitative estimate of drug-likeness (QED) is 0.278. The molecular formula is C26H30N2O3. The van der Waals surface area contributed by atoms with Gasteiger partial charge in [-0.25, -0.2) is 0 Å². The maximum Gasteiger partial charge on any atom is 0.251 e. The van der Waals surface area contributed by atoms with Crippen LogP contribution in [0.5, 0.6) is 11.5 Å². The minimum Gasteiger partial charge on any atom is -0.504 e. The first-order valence-electron chi connectivity index (χ1n) is 10.7. The van der Waals surface area contributed by atoms with Crippen molar-refractivity contribution in [2.75, 3.05) is 13.1 Å². The molecule has 5 heteroatoms. The van der Waals surface area contributed by atoms with Crippen molar-refractivity contribution in [2.45, 2.75) is 32.2 Å². The number of hydrogen-bond acceptors (Lipinski definition) is 4. The number of nitrogens with one attached hydrogen (secondary N) is 2. The molecule has 0 saturated heterocycles. The first-order valence-corrected chi connectivity index (χ1v) is 10.7. The van der Waals surface area contributed by atoms with Crippen LogP contribution < -0.4 is 10.6 Å². The van der Waals surface area contributed by atoms with Gasteiger partial charge < -0.3 is 20.8 Å². The van der Waals surface area contributed by atoms with Gasteiger partial charge in [-0.2, -0.15) is 0 Å². The molecule has 0 aliphatic heterocycles. The largest absolute Gasteiger partial charge is 0.504 e. The van der Waals surface area contributed by atoms with E-state index in [0.717, 1.165) is 30.4 Å². The summed E-state index contributed by atoms with van der Waals surface area (Å²) in [5.41, 5.74) is 3.91. The summed E-state index contributed by atoms with van der Waals surface area (Å²) in [6.45, 7) is 1.94. The van der Waals surface area contributed by atoms with Gasteiger partial charge in [-0.05, 0) is 67.1 Å². The van der Waals surface area contributed by atoms with Crippen LogP contribution in [0.15, 0.2) is 72.8 Å². The summed E-state index contributed by atoms with van der Waals surface area (Å²) >= 11 is 0. The van der Waals surface area contributed by atoms with E-state index in [2.05, 4.69) is 34.9 Å². The second-order valence-corrected chi connectivity index (χ2v) is 7.61. The lowest BCUT2D eigenvalue weighted by atomic mass is 10.1. The molecule has 31 heavy (non-hydrogen) atoms. The lowest BCUT2D eigenvalue weighted by molar-refractivity contribution is 0.0952. The summed E-state index contributed by atoms with van der Waals surface area (Å²) in [7, 11) is 0. The third-order valence-electron chi connectivity index (χ3n) is 5.23. The first kappa shape index (κ1) is 22.4. The fraction of sp³-hybridized carbons (Fsp3) is 0.269. The molecule has 3 aromatic rings.